The summed E-state index contributed by atoms with van der Waals surface area (Å²) < 4.78 is 0. The number of aromatic nitrogens is 5. The van der Waals surface area contributed by atoms with Gasteiger partial charge in [-0.05, 0) is 23.8 Å². The first-order valence-corrected chi connectivity index (χ1v) is 6.74. The second-order valence-corrected chi connectivity index (χ2v) is 4.48. The number of nitrogen functional groups attached to an aromatic ring is 1. The van der Waals surface area contributed by atoms with Gasteiger partial charge >= 0.3 is 0 Å². The normalized spacial score (nSPS) is 9.50. The molecule has 8 heteroatoms. The lowest BCUT2D eigenvalue weighted by Crippen LogP contribution is -2.02. The van der Waals surface area contributed by atoms with Crippen molar-refractivity contribution in [1.29, 1.82) is 0 Å². The zero-order chi connectivity index (χ0) is 15.6. The molecule has 0 aliphatic rings. The molecule has 112 valence electrons. The van der Waals surface area contributed by atoms with Crippen LogP contribution in [-0.2, 0) is 6.54 Å². The number of nitrogens with one attached hydrogen (secondary N) is 1. The summed E-state index contributed by atoms with van der Waals surface area (Å²) in [6, 6.07) is 5.59. The molecule has 0 spiro atoms. The predicted molar refractivity (Wildman–Crippen MR) is 85.1 cm³/mol. The number of pyridine rings is 1. The Balaban J connectivity index is 0.000000211. The minimum Gasteiger partial charge on any atom is -0.368 e. The molecule has 0 aliphatic carbocycles. The van der Waals surface area contributed by atoms with E-state index in [1.165, 1.54) is 0 Å². The molecule has 0 bridgehead atoms. The number of rotatable bonds is 3. The predicted octanol–water partition coefficient (Wildman–Crippen LogP) is 2.20. The molecule has 7 nitrogen and oxygen atoms in total. The average Bonchev–Trinajstić information content (AvgIpc) is 2.57. The fraction of sp³-hybridized carbons (Fsp3) is 0.0714. The van der Waals surface area contributed by atoms with Gasteiger partial charge in [-0.25, -0.2) is 19.9 Å². The van der Waals surface area contributed by atoms with Crippen LogP contribution < -0.4 is 11.1 Å². The monoisotopic (exact) mass is 315 g/mol. The van der Waals surface area contributed by atoms with E-state index in [-0.39, 0.29) is 0 Å². The van der Waals surface area contributed by atoms with E-state index >= 15 is 0 Å². The van der Waals surface area contributed by atoms with Crippen molar-refractivity contribution >= 4 is 23.5 Å². The van der Waals surface area contributed by atoms with Gasteiger partial charge in [0, 0.05) is 31.3 Å². The Hall–Kier alpha value is -2.80. The molecule has 0 aromatic carbocycles. The molecule has 0 aliphatic heterocycles. The fourth-order valence-electron chi connectivity index (χ4n) is 1.40. The largest absolute Gasteiger partial charge is 0.368 e. The number of hydrogen-bond acceptors (Lipinski definition) is 7. The van der Waals surface area contributed by atoms with E-state index in [9.17, 15) is 0 Å². The fourth-order valence-corrected chi connectivity index (χ4v) is 1.49. The van der Waals surface area contributed by atoms with Crippen molar-refractivity contribution in [3.05, 3.63) is 66.0 Å². The third kappa shape index (κ3) is 5.68. The summed E-state index contributed by atoms with van der Waals surface area (Å²) in [7, 11) is 0. The van der Waals surface area contributed by atoms with E-state index in [0.717, 1.165) is 5.56 Å². The molecular weight excluding hydrogens is 302 g/mol. The Kier molecular flexibility index (Phi) is 6.01. The van der Waals surface area contributed by atoms with Crippen LogP contribution in [0.25, 0.3) is 0 Å². The number of nitrogens with two attached hydrogens (primary N) is 1. The van der Waals surface area contributed by atoms with Crippen molar-refractivity contribution in [3.63, 3.8) is 0 Å². The molecule has 0 saturated carbocycles. The third-order valence-corrected chi connectivity index (χ3v) is 2.60. The molecular formula is C14H14ClN7. The standard InChI is InChI=1S/C10H9ClN4.C4H5N3/c11-9-6-14-10(15-7-9)13-5-8-1-3-12-4-2-8;5-4-6-2-1-3-7-4/h1-4,6-7H,5H2,(H,13,14,15);1-3H,(H2,5,6,7). The van der Waals surface area contributed by atoms with Gasteiger partial charge in [-0.3, -0.25) is 4.98 Å². The van der Waals surface area contributed by atoms with Crippen LogP contribution in [-0.4, -0.2) is 24.9 Å². The Bertz CT molecular complexity index is 662. The lowest BCUT2D eigenvalue weighted by atomic mass is 10.3. The van der Waals surface area contributed by atoms with Crippen molar-refractivity contribution in [2.75, 3.05) is 11.1 Å². The molecule has 0 saturated heterocycles. The van der Waals surface area contributed by atoms with Crippen LogP contribution >= 0.6 is 11.6 Å². The van der Waals surface area contributed by atoms with Gasteiger partial charge in [0.1, 0.15) is 0 Å². The highest BCUT2D eigenvalue weighted by atomic mass is 35.5. The van der Waals surface area contributed by atoms with Crippen LogP contribution in [0.5, 0.6) is 0 Å². The van der Waals surface area contributed by atoms with Crippen LogP contribution in [0, 0.1) is 0 Å². The van der Waals surface area contributed by atoms with Gasteiger partial charge in [-0.2, -0.15) is 0 Å². The number of anilines is 2. The SMILES string of the molecule is Clc1cnc(NCc2ccncc2)nc1.Nc1ncccn1. The number of nitrogens with zero attached hydrogens (tertiary/aromatic N) is 5. The first kappa shape index (κ1) is 15.6. The van der Waals surface area contributed by atoms with Gasteiger partial charge < -0.3 is 11.1 Å². The molecule has 0 fully saturated rings. The lowest BCUT2D eigenvalue weighted by Gasteiger charge is -2.03. The maximum absolute atomic E-state index is 5.67. The molecule has 3 aromatic rings. The van der Waals surface area contributed by atoms with Crippen molar-refractivity contribution in [2.45, 2.75) is 6.54 Å². The van der Waals surface area contributed by atoms with Crippen LogP contribution in [0.4, 0.5) is 11.9 Å². The van der Waals surface area contributed by atoms with Gasteiger partial charge in [0.25, 0.3) is 0 Å². The molecule has 3 rings (SSSR count). The second kappa shape index (κ2) is 8.48. The van der Waals surface area contributed by atoms with Crippen molar-refractivity contribution in [1.82, 2.24) is 24.9 Å². The molecule has 0 radical (unpaired) electrons. The molecule has 3 heterocycles. The maximum atomic E-state index is 5.67. The molecule has 3 aromatic heterocycles. The van der Waals surface area contributed by atoms with Gasteiger partial charge in [-0.15, -0.1) is 0 Å². The Morgan fingerprint density at radius 1 is 0.955 bits per heavy atom. The summed E-state index contributed by atoms with van der Waals surface area (Å²) >= 11 is 5.67. The van der Waals surface area contributed by atoms with E-state index in [0.29, 0.717) is 23.5 Å². The van der Waals surface area contributed by atoms with Gasteiger partial charge in [0.2, 0.25) is 11.9 Å². The summed E-state index contributed by atoms with van der Waals surface area (Å²) in [5, 5.41) is 3.61. The van der Waals surface area contributed by atoms with Crippen LogP contribution in [0.1, 0.15) is 5.56 Å². The Labute approximate surface area is 132 Å². The van der Waals surface area contributed by atoms with E-state index in [1.807, 2.05) is 12.1 Å². The minimum absolute atomic E-state index is 0.322. The van der Waals surface area contributed by atoms with Gasteiger partial charge in [0.05, 0.1) is 17.4 Å². The first-order valence-electron chi connectivity index (χ1n) is 6.37. The summed E-state index contributed by atoms with van der Waals surface area (Å²) in [5.41, 5.74) is 6.26. The molecule has 22 heavy (non-hydrogen) atoms. The molecule has 0 amide bonds. The van der Waals surface area contributed by atoms with Crippen molar-refractivity contribution in [2.24, 2.45) is 0 Å². The zero-order valence-corrected chi connectivity index (χ0v) is 12.4. The second-order valence-electron chi connectivity index (χ2n) is 4.04. The van der Waals surface area contributed by atoms with Crippen LogP contribution in [0.3, 0.4) is 0 Å². The summed E-state index contributed by atoms with van der Waals surface area (Å²) in [4.78, 5) is 19.3. The van der Waals surface area contributed by atoms with Crippen LogP contribution in [0.2, 0.25) is 5.02 Å². The summed E-state index contributed by atoms with van der Waals surface area (Å²) in [6.45, 7) is 0.671. The molecule has 3 N–H and O–H groups in total. The Morgan fingerprint density at radius 3 is 2.14 bits per heavy atom. The Morgan fingerprint density at radius 2 is 1.59 bits per heavy atom. The smallest absolute Gasteiger partial charge is 0.222 e. The van der Waals surface area contributed by atoms with Gasteiger partial charge in [-0.1, -0.05) is 11.6 Å². The van der Waals surface area contributed by atoms with E-state index < -0.39 is 0 Å². The van der Waals surface area contributed by atoms with E-state index in [4.69, 9.17) is 17.3 Å². The van der Waals surface area contributed by atoms with E-state index in [1.54, 1.807) is 43.2 Å². The minimum atomic E-state index is 0.322. The highest BCUT2D eigenvalue weighted by molar-refractivity contribution is 6.30. The van der Waals surface area contributed by atoms with Crippen molar-refractivity contribution in [3.8, 4) is 0 Å². The lowest BCUT2D eigenvalue weighted by molar-refractivity contribution is 1.05. The summed E-state index contributed by atoms with van der Waals surface area (Å²) in [6.07, 6.45) is 9.82. The van der Waals surface area contributed by atoms with Gasteiger partial charge in [0.15, 0.2) is 0 Å². The van der Waals surface area contributed by atoms with Crippen molar-refractivity contribution < 1.29 is 0 Å². The highest BCUT2D eigenvalue weighted by Crippen LogP contribution is 2.06. The zero-order valence-electron chi connectivity index (χ0n) is 11.6. The molecule has 0 unspecified atom stereocenters. The number of hydrogen-bond donors (Lipinski definition) is 2. The molecule has 0 atom stereocenters. The maximum Gasteiger partial charge on any atom is 0.222 e. The summed E-state index contributed by atoms with van der Waals surface area (Å²) in [5.74, 6) is 0.888. The first-order chi connectivity index (χ1) is 10.7. The topological polar surface area (TPSA) is 102 Å². The third-order valence-electron chi connectivity index (χ3n) is 2.41. The number of halogens is 1. The van der Waals surface area contributed by atoms with E-state index in [2.05, 4.69) is 30.2 Å². The average molecular weight is 316 g/mol. The quantitative estimate of drug-likeness (QED) is 0.763. The van der Waals surface area contributed by atoms with Crippen LogP contribution in [0.15, 0.2) is 55.4 Å². The highest BCUT2D eigenvalue weighted by Gasteiger charge is 1.95.